The normalized spacial score (nSPS) is 23.2. The largest absolute Gasteiger partial charge is 0.467 e. The highest BCUT2D eigenvalue weighted by Crippen LogP contribution is 2.36. The predicted octanol–water partition coefficient (Wildman–Crippen LogP) is 4.66. The van der Waals surface area contributed by atoms with Gasteiger partial charge in [-0.3, -0.25) is 4.79 Å². The van der Waals surface area contributed by atoms with Gasteiger partial charge in [0.2, 0.25) is 5.91 Å². The molecule has 4 rings (SSSR count). The van der Waals surface area contributed by atoms with Crippen LogP contribution in [0.1, 0.15) is 57.8 Å². The highest BCUT2D eigenvalue weighted by Gasteiger charge is 2.46. The molecule has 1 saturated heterocycles. The molecular formula is C31H39BrF2N4O6. The first-order valence-electron chi connectivity index (χ1n) is 14.7. The first kappa shape index (κ1) is 33.7. The lowest BCUT2D eigenvalue weighted by Crippen LogP contribution is -2.57. The van der Waals surface area contributed by atoms with E-state index in [1.54, 1.807) is 45.0 Å². The Bertz CT molecular complexity index is 1400. The van der Waals surface area contributed by atoms with Crippen molar-refractivity contribution < 1.29 is 37.7 Å². The van der Waals surface area contributed by atoms with Crippen molar-refractivity contribution in [3.8, 4) is 0 Å². The quantitative estimate of drug-likeness (QED) is 0.222. The number of aliphatic hydroxyl groups is 1. The second kappa shape index (κ2) is 13.8. The summed E-state index contributed by atoms with van der Waals surface area (Å²) >= 11 is 3.13. The maximum Gasteiger partial charge on any atom is 0.408 e. The van der Waals surface area contributed by atoms with Crippen LogP contribution in [0.25, 0.3) is 11.0 Å². The zero-order valence-electron chi connectivity index (χ0n) is 25.3. The summed E-state index contributed by atoms with van der Waals surface area (Å²) in [4.78, 5) is 49.9. The Labute approximate surface area is 263 Å². The van der Waals surface area contributed by atoms with Crippen LogP contribution in [0.4, 0.5) is 13.6 Å². The molecule has 1 aromatic heterocycles. The summed E-state index contributed by atoms with van der Waals surface area (Å²) in [6.07, 6.45) is 1.73. The van der Waals surface area contributed by atoms with Gasteiger partial charge >= 0.3 is 18.0 Å². The number of aromatic nitrogens is 2. The van der Waals surface area contributed by atoms with Gasteiger partial charge in [-0.05, 0) is 61.6 Å². The van der Waals surface area contributed by atoms with Gasteiger partial charge in [0.05, 0.1) is 29.9 Å². The molecule has 0 unspecified atom stereocenters. The van der Waals surface area contributed by atoms with Crippen molar-refractivity contribution in [1.82, 2.24) is 20.2 Å². The van der Waals surface area contributed by atoms with Crippen molar-refractivity contribution in [2.75, 3.05) is 19.0 Å². The van der Waals surface area contributed by atoms with Gasteiger partial charge in [-0.2, -0.15) is 8.78 Å². The number of hydrogen-bond donors (Lipinski definition) is 2. The number of alkyl halides is 3. The summed E-state index contributed by atoms with van der Waals surface area (Å²) in [7, 11) is 1.21. The molecule has 2 aliphatic rings. The molecule has 1 aliphatic heterocycles. The van der Waals surface area contributed by atoms with Gasteiger partial charge in [0.1, 0.15) is 23.9 Å². The average molecular weight is 682 g/mol. The van der Waals surface area contributed by atoms with Gasteiger partial charge in [-0.1, -0.05) is 54.9 Å². The number of methoxy groups -OCH3 is 1. The molecule has 2 aromatic rings. The zero-order chi connectivity index (χ0) is 32.2. The fourth-order valence-electron chi connectivity index (χ4n) is 5.81. The number of benzene rings is 1. The lowest BCUT2D eigenvalue weighted by atomic mass is 9.85. The number of alkyl carbamates (subject to hydrolysis) is 1. The lowest BCUT2D eigenvalue weighted by molar-refractivity contribution is -0.152. The smallest absolute Gasteiger partial charge is 0.408 e. The number of hydrogen-bond acceptors (Lipinski definition) is 8. The van der Waals surface area contributed by atoms with Crippen molar-refractivity contribution in [2.45, 2.75) is 83.1 Å². The Morgan fingerprint density at radius 1 is 1.18 bits per heavy atom. The Morgan fingerprint density at radius 2 is 1.86 bits per heavy atom. The van der Waals surface area contributed by atoms with Crippen LogP contribution in [0.3, 0.4) is 0 Å². The minimum Gasteiger partial charge on any atom is -0.467 e. The predicted molar refractivity (Wildman–Crippen MR) is 162 cm³/mol. The molecule has 2 amide bonds. The fourth-order valence-corrected chi connectivity index (χ4v) is 6.00. The van der Waals surface area contributed by atoms with Gasteiger partial charge in [0, 0.05) is 11.9 Å². The van der Waals surface area contributed by atoms with E-state index in [-0.39, 0.29) is 30.4 Å². The van der Waals surface area contributed by atoms with E-state index < -0.39 is 65.2 Å². The number of allylic oxidation sites excluding steroid dienone is 2. The number of amides is 2. The van der Waals surface area contributed by atoms with Crippen LogP contribution in [0, 0.1) is 11.3 Å². The summed E-state index contributed by atoms with van der Waals surface area (Å²) in [5.41, 5.74) is -0.432. The number of ether oxygens (including phenoxy) is 2. The third-order valence-corrected chi connectivity index (χ3v) is 8.43. The molecule has 2 N–H and O–H groups in total. The third kappa shape index (κ3) is 7.71. The van der Waals surface area contributed by atoms with Crippen molar-refractivity contribution in [3.05, 3.63) is 47.8 Å². The van der Waals surface area contributed by atoms with Crippen molar-refractivity contribution in [1.29, 1.82) is 0 Å². The number of carbonyl (C=O) groups is 3. The van der Waals surface area contributed by atoms with E-state index in [2.05, 4.69) is 31.2 Å². The molecule has 13 heteroatoms. The zero-order valence-corrected chi connectivity index (χ0v) is 26.9. The number of halogens is 3. The minimum atomic E-state index is -3.41. The van der Waals surface area contributed by atoms with Crippen LogP contribution in [-0.4, -0.2) is 81.2 Å². The highest BCUT2D eigenvalue weighted by molar-refractivity contribution is 9.09. The summed E-state index contributed by atoms with van der Waals surface area (Å²) in [6.45, 7) is 5.33. The molecular weight excluding hydrogens is 642 g/mol. The van der Waals surface area contributed by atoms with E-state index in [0.717, 1.165) is 12.5 Å². The monoisotopic (exact) mass is 680 g/mol. The molecule has 0 radical (unpaired) electrons. The molecule has 1 saturated carbocycles. The number of rotatable bonds is 9. The van der Waals surface area contributed by atoms with Gasteiger partial charge in [-0.15, -0.1) is 0 Å². The second-order valence-corrected chi connectivity index (χ2v) is 13.1. The Balaban J connectivity index is 1.61. The minimum absolute atomic E-state index is 0.0252. The van der Waals surface area contributed by atoms with E-state index in [4.69, 9.17) is 9.47 Å². The molecule has 1 aromatic carbocycles. The Morgan fingerprint density at radius 3 is 2.45 bits per heavy atom. The molecule has 0 bridgehead atoms. The fraction of sp³-hybridized carbons (Fsp3) is 0.581. The molecule has 10 nitrogen and oxygen atoms in total. The topological polar surface area (TPSA) is 131 Å². The molecule has 44 heavy (non-hydrogen) atoms. The van der Waals surface area contributed by atoms with E-state index in [9.17, 15) is 19.5 Å². The third-order valence-electron chi connectivity index (χ3n) is 8.05. The maximum absolute atomic E-state index is 15.4. The number of carbonyl (C=O) groups excluding carboxylic acids is 3. The first-order valence-corrected chi connectivity index (χ1v) is 15.8. The number of nitrogens with zero attached hydrogens (tertiary/aromatic N) is 3. The van der Waals surface area contributed by atoms with E-state index >= 15 is 8.78 Å². The summed E-state index contributed by atoms with van der Waals surface area (Å²) < 4.78 is 41.2. The number of likely N-dealkylation sites (tertiary alicyclic amines) is 1. The van der Waals surface area contributed by atoms with Crippen molar-refractivity contribution in [3.63, 3.8) is 0 Å². The van der Waals surface area contributed by atoms with Crippen LogP contribution < -0.4 is 5.32 Å². The Kier molecular flexibility index (Phi) is 10.6. The van der Waals surface area contributed by atoms with Crippen LogP contribution in [-0.2, 0) is 31.4 Å². The molecule has 1 aliphatic carbocycles. The van der Waals surface area contributed by atoms with Crippen LogP contribution >= 0.6 is 15.9 Å². The van der Waals surface area contributed by atoms with Gasteiger partial charge in [0.15, 0.2) is 0 Å². The molecule has 5 atom stereocenters. The van der Waals surface area contributed by atoms with Crippen LogP contribution in [0.5, 0.6) is 0 Å². The van der Waals surface area contributed by atoms with Gasteiger partial charge in [0.25, 0.3) is 0 Å². The maximum atomic E-state index is 15.4. The summed E-state index contributed by atoms with van der Waals surface area (Å²) in [5.74, 6) is -5.03. The van der Waals surface area contributed by atoms with Crippen LogP contribution in [0.2, 0.25) is 0 Å². The second-order valence-electron chi connectivity index (χ2n) is 12.4. The Hall–Kier alpha value is -3.19. The van der Waals surface area contributed by atoms with Gasteiger partial charge < -0.3 is 24.8 Å². The number of nitrogens with one attached hydrogen (secondary N) is 1. The number of aliphatic hydroxyl groups excluding tert-OH is 1. The SMILES string of the molecule is COC(=O)[C@@H]1C[C@@H](Cc2nc3ccccc3nc2C(F)(F)/C=C/CBr)CN1C(=O)[C@@H](NC(=O)O[C@@H]1CCC[C@H]1O)C(C)(C)C. The van der Waals surface area contributed by atoms with Gasteiger partial charge in [-0.25, -0.2) is 19.6 Å². The van der Waals surface area contributed by atoms with Crippen molar-refractivity contribution >= 4 is 44.9 Å². The average Bonchev–Trinajstić information content (AvgIpc) is 3.58. The number of fused-ring (bicyclic) bond motifs is 1. The molecule has 0 spiro atoms. The summed E-state index contributed by atoms with van der Waals surface area (Å²) in [6, 6.07) is 4.65. The number of esters is 1. The molecule has 2 heterocycles. The van der Waals surface area contributed by atoms with E-state index in [1.165, 1.54) is 18.1 Å². The van der Waals surface area contributed by atoms with E-state index in [1.807, 2.05) is 0 Å². The standard InChI is InChI=1S/C31H39BrF2N4O6/c1-30(2,3)26(37-29(42)44-24-12-7-11-23(24)39)27(40)38-17-18(16-22(38)28(41)43-4)15-21-25(31(33,34)13-8-14-32)36-20-10-6-5-9-19(20)35-21/h5-6,8-10,13,18,22-24,26,39H,7,11-12,14-17H2,1-4H3,(H,37,42)/b13-8+/t18-,22+,23-,24-,26-/m1/s1. The number of para-hydroxylation sites is 2. The van der Waals surface area contributed by atoms with Crippen molar-refractivity contribution in [2.24, 2.45) is 11.3 Å². The van der Waals surface area contributed by atoms with E-state index in [0.29, 0.717) is 23.9 Å². The highest BCUT2D eigenvalue weighted by atomic mass is 79.9. The first-order chi connectivity index (χ1) is 20.7. The summed E-state index contributed by atoms with van der Waals surface area (Å²) in [5, 5.41) is 12.9. The lowest BCUT2D eigenvalue weighted by Gasteiger charge is -2.35. The molecule has 240 valence electrons. The van der Waals surface area contributed by atoms with Crippen LogP contribution in [0.15, 0.2) is 36.4 Å². The molecule has 2 fully saturated rings.